The van der Waals surface area contributed by atoms with Crippen LogP contribution in [0.3, 0.4) is 0 Å². The number of esters is 2. The fraction of sp³-hybridized carbons (Fsp3) is 0.100. The maximum atomic E-state index is 12.2. The van der Waals surface area contributed by atoms with Crippen LogP contribution in [0.5, 0.6) is 5.75 Å². The molecule has 0 aliphatic rings. The van der Waals surface area contributed by atoms with Crippen LogP contribution in [-0.2, 0) is 14.3 Å². The number of methoxy groups -OCH3 is 1. The third-order valence-corrected chi connectivity index (χ3v) is 3.99. The van der Waals surface area contributed by atoms with E-state index in [1.807, 2.05) is 0 Å². The first-order valence-electron chi connectivity index (χ1n) is 8.10. The quantitative estimate of drug-likeness (QED) is 0.394. The lowest BCUT2D eigenvalue weighted by molar-refractivity contribution is -0.144. The highest BCUT2D eigenvalue weighted by Gasteiger charge is 2.19. The molecule has 0 aliphatic carbocycles. The number of para-hydroxylation sites is 1. The molecule has 142 valence electrons. The van der Waals surface area contributed by atoms with E-state index in [2.05, 4.69) is 4.74 Å². The van der Waals surface area contributed by atoms with Gasteiger partial charge in [0.25, 0.3) is 0 Å². The smallest absolute Gasteiger partial charge is 0.349 e. The van der Waals surface area contributed by atoms with Gasteiger partial charge in [-0.25, -0.2) is 14.4 Å². The van der Waals surface area contributed by atoms with Crippen LogP contribution < -0.4 is 5.63 Å². The summed E-state index contributed by atoms with van der Waals surface area (Å²) in [5, 5.41) is 19.0. The van der Waals surface area contributed by atoms with Gasteiger partial charge < -0.3 is 19.0 Å². The summed E-state index contributed by atoms with van der Waals surface area (Å²) in [5.41, 5.74) is -0.739. The molecule has 0 fully saturated rings. The fourth-order valence-electron chi connectivity index (χ4n) is 2.54. The van der Waals surface area contributed by atoms with Gasteiger partial charge in [-0.2, -0.15) is 0 Å². The normalized spacial score (nSPS) is 10.5. The Morgan fingerprint density at radius 1 is 1.07 bits per heavy atom. The number of rotatable bonds is 5. The lowest BCUT2D eigenvalue weighted by Crippen LogP contribution is -2.16. The van der Waals surface area contributed by atoms with Crippen LogP contribution in [0.4, 0.5) is 0 Å². The number of ether oxygens (including phenoxy) is 2. The first-order valence-corrected chi connectivity index (χ1v) is 8.10. The van der Waals surface area contributed by atoms with Crippen LogP contribution in [0.15, 0.2) is 57.7 Å². The van der Waals surface area contributed by atoms with E-state index in [4.69, 9.17) is 14.6 Å². The Balaban J connectivity index is 1.88. The summed E-state index contributed by atoms with van der Waals surface area (Å²) < 4.78 is 14.3. The van der Waals surface area contributed by atoms with Crippen LogP contribution in [0, 0.1) is 5.41 Å². The van der Waals surface area contributed by atoms with E-state index < -0.39 is 24.2 Å². The van der Waals surface area contributed by atoms with E-state index in [1.54, 1.807) is 24.3 Å². The van der Waals surface area contributed by atoms with Crippen molar-refractivity contribution in [2.45, 2.75) is 0 Å². The zero-order valence-electron chi connectivity index (χ0n) is 14.7. The van der Waals surface area contributed by atoms with Gasteiger partial charge in [0.15, 0.2) is 6.61 Å². The van der Waals surface area contributed by atoms with Crippen LogP contribution in [0.2, 0.25) is 0 Å². The maximum Gasteiger partial charge on any atom is 0.349 e. The summed E-state index contributed by atoms with van der Waals surface area (Å²) >= 11 is 0. The average Bonchev–Trinajstić information content (AvgIpc) is 2.71. The molecule has 0 aliphatic heterocycles. The molecule has 3 rings (SSSR count). The van der Waals surface area contributed by atoms with E-state index in [0.717, 1.165) is 0 Å². The second-order valence-corrected chi connectivity index (χ2v) is 5.71. The molecule has 28 heavy (non-hydrogen) atoms. The van der Waals surface area contributed by atoms with Crippen molar-refractivity contribution in [2.24, 2.45) is 0 Å². The molecule has 0 saturated heterocycles. The monoisotopic (exact) mass is 381 g/mol. The standard InChI is InChI=1S/C20H15NO7/c1-26-15(22)10-27-19(24)12-8-6-11(7-9-12)17(21)16-18(23)13-4-2-3-5-14(13)28-20(16)25/h2-9,21,23H,10H2,1H3. The molecule has 1 aromatic heterocycles. The topological polar surface area (TPSA) is 127 Å². The number of aromatic hydroxyl groups is 1. The number of fused-ring (bicyclic) bond motifs is 1. The zero-order chi connectivity index (χ0) is 20.3. The van der Waals surface area contributed by atoms with E-state index in [0.29, 0.717) is 5.39 Å². The van der Waals surface area contributed by atoms with Crippen LogP contribution in [0.25, 0.3) is 11.0 Å². The van der Waals surface area contributed by atoms with Crippen molar-refractivity contribution in [2.75, 3.05) is 13.7 Å². The summed E-state index contributed by atoms with van der Waals surface area (Å²) in [4.78, 5) is 35.1. The number of benzene rings is 2. The number of hydrogen-bond donors (Lipinski definition) is 2. The number of carbonyl (C=O) groups is 2. The van der Waals surface area contributed by atoms with Gasteiger partial charge in [-0.05, 0) is 24.3 Å². The Morgan fingerprint density at radius 2 is 1.71 bits per heavy atom. The van der Waals surface area contributed by atoms with Gasteiger partial charge in [0.05, 0.1) is 23.8 Å². The Morgan fingerprint density at radius 3 is 2.39 bits per heavy atom. The lowest BCUT2D eigenvalue weighted by atomic mass is 10.0. The lowest BCUT2D eigenvalue weighted by Gasteiger charge is -2.09. The molecule has 0 unspecified atom stereocenters. The van der Waals surface area contributed by atoms with Gasteiger partial charge in [-0.15, -0.1) is 0 Å². The minimum absolute atomic E-state index is 0.148. The molecule has 8 nitrogen and oxygen atoms in total. The fourth-order valence-corrected chi connectivity index (χ4v) is 2.54. The Bertz CT molecular complexity index is 1130. The van der Waals surface area contributed by atoms with Gasteiger partial charge in [-0.3, -0.25) is 5.41 Å². The van der Waals surface area contributed by atoms with Crippen molar-refractivity contribution in [1.82, 2.24) is 0 Å². The molecule has 0 bridgehead atoms. The molecule has 3 aromatic rings. The Kier molecular flexibility index (Phi) is 5.21. The Hall–Kier alpha value is -3.94. The molecule has 2 N–H and O–H groups in total. The predicted molar refractivity (Wildman–Crippen MR) is 98.8 cm³/mol. The summed E-state index contributed by atoms with van der Waals surface area (Å²) in [6.07, 6.45) is 0. The maximum absolute atomic E-state index is 12.2. The van der Waals surface area contributed by atoms with Gasteiger partial charge in [0.2, 0.25) is 0 Å². The van der Waals surface area contributed by atoms with Crippen molar-refractivity contribution >= 4 is 28.6 Å². The number of hydrogen-bond acceptors (Lipinski definition) is 8. The third-order valence-electron chi connectivity index (χ3n) is 3.99. The highest BCUT2D eigenvalue weighted by atomic mass is 16.6. The van der Waals surface area contributed by atoms with Gasteiger partial charge in [-0.1, -0.05) is 24.3 Å². The first kappa shape index (κ1) is 18.8. The summed E-state index contributed by atoms with van der Waals surface area (Å²) in [7, 11) is 1.18. The molecule has 0 spiro atoms. The first-order chi connectivity index (χ1) is 13.4. The van der Waals surface area contributed by atoms with E-state index >= 15 is 0 Å². The molecule has 1 heterocycles. The second-order valence-electron chi connectivity index (χ2n) is 5.71. The highest BCUT2D eigenvalue weighted by Crippen LogP contribution is 2.27. The largest absolute Gasteiger partial charge is 0.506 e. The molecule has 0 atom stereocenters. The third kappa shape index (κ3) is 3.61. The minimum atomic E-state index is -0.845. The SMILES string of the molecule is COC(=O)COC(=O)c1ccc(C(=N)c2c(O)c3ccccc3oc2=O)cc1. The van der Waals surface area contributed by atoms with Crippen molar-refractivity contribution in [3.8, 4) is 5.75 Å². The van der Waals surface area contributed by atoms with E-state index in [9.17, 15) is 19.5 Å². The highest BCUT2D eigenvalue weighted by molar-refractivity contribution is 6.14. The molecule has 0 amide bonds. The van der Waals surface area contributed by atoms with Crippen LogP contribution in [-0.4, -0.2) is 36.5 Å². The summed E-state index contributed by atoms with van der Waals surface area (Å²) in [6.45, 7) is -0.515. The summed E-state index contributed by atoms with van der Waals surface area (Å²) in [6, 6.07) is 12.0. The van der Waals surface area contributed by atoms with Crippen molar-refractivity contribution < 1.29 is 28.6 Å². The molecular formula is C20H15NO7. The van der Waals surface area contributed by atoms with E-state index in [1.165, 1.54) is 31.4 Å². The van der Waals surface area contributed by atoms with Crippen molar-refractivity contribution in [3.63, 3.8) is 0 Å². The second kappa shape index (κ2) is 7.75. The molecule has 0 radical (unpaired) electrons. The van der Waals surface area contributed by atoms with Gasteiger partial charge >= 0.3 is 17.6 Å². The molecular weight excluding hydrogens is 366 g/mol. The van der Waals surface area contributed by atoms with Crippen molar-refractivity contribution in [3.05, 3.63) is 75.6 Å². The number of nitrogens with one attached hydrogen (secondary N) is 1. The Labute approximate surface area is 158 Å². The molecule has 8 heteroatoms. The van der Waals surface area contributed by atoms with Crippen molar-refractivity contribution in [1.29, 1.82) is 5.41 Å². The average molecular weight is 381 g/mol. The van der Waals surface area contributed by atoms with Gasteiger partial charge in [0, 0.05) is 5.56 Å². The molecule has 0 saturated carbocycles. The van der Waals surface area contributed by atoms with E-state index in [-0.39, 0.29) is 33.7 Å². The molecule has 2 aromatic carbocycles. The van der Waals surface area contributed by atoms with Crippen LogP contribution in [0.1, 0.15) is 21.5 Å². The van der Waals surface area contributed by atoms with Crippen LogP contribution >= 0.6 is 0 Å². The minimum Gasteiger partial charge on any atom is -0.506 e. The summed E-state index contributed by atoms with van der Waals surface area (Å²) in [5.74, 6) is -1.78. The predicted octanol–water partition coefficient (Wildman–Crippen LogP) is 2.24. The zero-order valence-corrected chi connectivity index (χ0v) is 14.7. The van der Waals surface area contributed by atoms with Gasteiger partial charge in [0.1, 0.15) is 16.9 Å². The number of carbonyl (C=O) groups excluding carboxylic acids is 2.